The third kappa shape index (κ3) is 3.11. The van der Waals surface area contributed by atoms with E-state index in [9.17, 15) is 4.39 Å². The molecule has 110 valence electrons. The number of rotatable bonds is 5. The van der Waals surface area contributed by atoms with Crippen molar-refractivity contribution in [2.45, 2.75) is 11.8 Å². The molecule has 0 saturated carbocycles. The molecule has 0 atom stereocenters. The summed E-state index contributed by atoms with van der Waals surface area (Å²) in [6.07, 6.45) is 0.803. The molecule has 0 aromatic heterocycles. The van der Waals surface area contributed by atoms with Gasteiger partial charge in [0.1, 0.15) is 11.6 Å². The van der Waals surface area contributed by atoms with Gasteiger partial charge in [-0.15, -0.1) is 0 Å². The minimum absolute atomic E-state index is 0.123. The zero-order chi connectivity index (χ0) is 14.7. The van der Waals surface area contributed by atoms with Gasteiger partial charge < -0.3 is 10.1 Å². The van der Waals surface area contributed by atoms with Crippen LogP contribution in [0.1, 0.15) is 12.0 Å². The molecule has 3 rings (SSSR count). The molecule has 0 amide bonds. The Kier molecular flexibility index (Phi) is 4.27. The van der Waals surface area contributed by atoms with Gasteiger partial charge in [-0.05, 0) is 42.3 Å². The molecule has 2 aromatic rings. The number of nitrogens with one attached hydrogen (secondary N) is 1. The summed E-state index contributed by atoms with van der Waals surface area (Å²) >= 11 is 3.40. The van der Waals surface area contributed by atoms with E-state index in [2.05, 4.69) is 21.2 Å². The second-order valence-corrected chi connectivity index (χ2v) is 6.33. The van der Waals surface area contributed by atoms with Gasteiger partial charge >= 0.3 is 0 Å². The van der Waals surface area contributed by atoms with Crippen LogP contribution < -0.4 is 10.1 Å². The Balaban J connectivity index is 1.65. The first-order valence-electron chi connectivity index (χ1n) is 7.04. The average molecular weight is 350 g/mol. The summed E-state index contributed by atoms with van der Waals surface area (Å²) in [6, 6.07) is 14.8. The predicted molar refractivity (Wildman–Crippen MR) is 85.2 cm³/mol. The maximum atomic E-state index is 14.0. The molecule has 1 fully saturated rings. The minimum Gasteiger partial charge on any atom is -0.494 e. The van der Waals surface area contributed by atoms with Crippen LogP contribution in [0.5, 0.6) is 5.75 Å². The number of hydrogen-bond donors (Lipinski definition) is 1. The number of halogens is 2. The zero-order valence-electron chi connectivity index (χ0n) is 11.6. The van der Waals surface area contributed by atoms with E-state index in [0.29, 0.717) is 6.61 Å². The van der Waals surface area contributed by atoms with E-state index in [1.54, 1.807) is 6.07 Å². The molecule has 0 radical (unpaired) electrons. The Bertz CT molecular complexity index is 610. The summed E-state index contributed by atoms with van der Waals surface area (Å²) in [5.41, 5.74) is 0.656. The van der Waals surface area contributed by atoms with Crippen LogP contribution in [-0.2, 0) is 5.41 Å². The van der Waals surface area contributed by atoms with Gasteiger partial charge in [0.2, 0.25) is 0 Å². The largest absolute Gasteiger partial charge is 0.494 e. The SMILES string of the molecule is Fc1ccccc1C1(CCOc2ccc(Br)cc2)CNC1. The molecule has 1 heterocycles. The summed E-state index contributed by atoms with van der Waals surface area (Å²) in [5, 5.41) is 3.26. The van der Waals surface area contributed by atoms with Crippen molar-refractivity contribution in [3.8, 4) is 5.75 Å². The lowest BCUT2D eigenvalue weighted by Gasteiger charge is -2.43. The molecule has 0 unspecified atom stereocenters. The molecule has 0 bridgehead atoms. The Labute approximate surface area is 132 Å². The lowest BCUT2D eigenvalue weighted by atomic mass is 9.72. The number of benzene rings is 2. The van der Waals surface area contributed by atoms with Crippen LogP contribution >= 0.6 is 15.9 Å². The van der Waals surface area contributed by atoms with Crippen LogP contribution in [0.3, 0.4) is 0 Å². The number of ether oxygens (including phenoxy) is 1. The zero-order valence-corrected chi connectivity index (χ0v) is 13.2. The lowest BCUT2D eigenvalue weighted by Crippen LogP contribution is -2.57. The predicted octanol–water partition coefficient (Wildman–Crippen LogP) is 3.90. The summed E-state index contributed by atoms with van der Waals surface area (Å²) in [6.45, 7) is 2.19. The maximum absolute atomic E-state index is 14.0. The van der Waals surface area contributed by atoms with Gasteiger partial charge in [-0.2, -0.15) is 0 Å². The molecular weight excluding hydrogens is 333 g/mol. The van der Waals surface area contributed by atoms with Gasteiger partial charge in [0.25, 0.3) is 0 Å². The van der Waals surface area contributed by atoms with Gasteiger partial charge in [0.05, 0.1) is 6.61 Å². The fourth-order valence-corrected chi connectivity index (χ4v) is 2.98. The summed E-state index contributed by atoms with van der Waals surface area (Å²) in [5.74, 6) is 0.719. The maximum Gasteiger partial charge on any atom is 0.127 e. The van der Waals surface area contributed by atoms with E-state index >= 15 is 0 Å². The molecule has 1 saturated heterocycles. The van der Waals surface area contributed by atoms with Gasteiger partial charge in [-0.3, -0.25) is 0 Å². The number of hydrogen-bond acceptors (Lipinski definition) is 2. The fourth-order valence-electron chi connectivity index (χ4n) is 2.72. The van der Waals surface area contributed by atoms with Gasteiger partial charge in [-0.25, -0.2) is 4.39 Å². The van der Waals surface area contributed by atoms with Gasteiger partial charge in [0.15, 0.2) is 0 Å². The Hall–Kier alpha value is -1.39. The highest BCUT2D eigenvalue weighted by atomic mass is 79.9. The minimum atomic E-state index is -0.138. The van der Waals surface area contributed by atoms with Gasteiger partial charge in [0, 0.05) is 23.0 Å². The summed E-state index contributed by atoms with van der Waals surface area (Å²) in [4.78, 5) is 0. The van der Waals surface area contributed by atoms with E-state index in [1.165, 1.54) is 6.07 Å². The quantitative estimate of drug-likeness (QED) is 0.883. The van der Waals surface area contributed by atoms with Crippen molar-refractivity contribution in [3.63, 3.8) is 0 Å². The second kappa shape index (κ2) is 6.16. The molecular formula is C17H17BrFNO. The molecule has 1 aliphatic heterocycles. The third-order valence-corrected chi connectivity index (χ3v) is 4.56. The van der Waals surface area contributed by atoms with Crippen molar-refractivity contribution in [2.75, 3.05) is 19.7 Å². The highest BCUT2D eigenvalue weighted by Crippen LogP contribution is 2.34. The van der Waals surface area contributed by atoms with Crippen molar-refractivity contribution >= 4 is 15.9 Å². The first kappa shape index (κ1) is 14.5. The molecule has 2 nitrogen and oxygen atoms in total. The topological polar surface area (TPSA) is 21.3 Å². The van der Waals surface area contributed by atoms with Crippen molar-refractivity contribution in [1.29, 1.82) is 0 Å². The van der Waals surface area contributed by atoms with Crippen LogP contribution in [0.25, 0.3) is 0 Å². The highest BCUT2D eigenvalue weighted by molar-refractivity contribution is 9.10. The molecule has 4 heteroatoms. The highest BCUT2D eigenvalue weighted by Gasteiger charge is 2.40. The Morgan fingerprint density at radius 3 is 2.43 bits per heavy atom. The van der Waals surface area contributed by atoms with Crippen molar-refractivity contribution in [3.05, 3.63) is 64.4 Å². The third-order valence-electron chi connectivity index (χ3n) is 4.03. The average Bonchev–Trinajstić information content (AvgIpc) is 2.45. The Morgan fingerprint density at radius 2 is 1.81 bits per heavy atom. The van der Waals surface area contributed by atoms with E-state index in [0.717, 1.165) is 35.3 Å². The molecule has 1 N–H and O–H groups in total. The molecule has 0 aliphatic carbocycles. The standard InChI is InChI=1S/C17H17BrFNO/c18-13-5-7-14(8-6-13)21-10-9-17(11-20-12-17)15-3-1-2-4-16(15)19/h1-8,20H,9-12H2. The van der Waals surface area contributed by atoms with E-state index in [-0.39, 0.29) is 11.2 Å². The fraction of sp³-hybridized carbons (Fsp3) is 0.294. The lowest BCUT2D eigenvalue weighted by molar-refractivity contribution is 0.195. The summed E-state index contributed by atoms with van der Waals surface area (Å²) < 4.78 is 20.8. The van der Waals surface area contributed by atoms with E-state index in [1.807, 2.05) is 36.4 Å². The summed E-state index contributed by atoms with van der Waals surface area (Å²) in [7, 11) is 0. The van der Waals surface area contributed by atoms with Crippen LogP contribution in [0.4, 0.5) is 4.39 Å². The monoisotopic (exact) mass is 349 g/mol. The van der Waals surface area contributed by atoms with E-state index in [4.69, 9.17) is 4.74 Å². The Morgan fingerprint density at radius 1 is 1.10 bits per heavy atom. The second-order valence-electron chi connectivity index (χ2n) is 5.42. The molecule has 0 spiro atoms. The molecule has 2 aromatic carbocycles. The van der Waals surface area contributed by atoms with Crippen LogP contribution in [0.15, 0.2) is 53.0 Å². The smallest absolute Gasteiger partial charge is 0.127 e. The normalized spacial score (nSPS) is 16.3. The molecule has 1 aliphatic rings. The first-order chi connectivity index (χ1) is 10.2. The van der Waals surface area contributed by atoms with Gasteiger partial charge in [-0.1, -0.05) is 34.1 Å². The van der Waals surface area contributed by atoms with E-state index < -0.39 is 0 Å². The van der Waals surface area contributed by atoms with Crippen molar-refractivity contribution < 1.29 is 9.13 Å². The molecule has 21 heavy (non-hydrogen) atoms. The van der Waals surface area contributed by atoms with Crippen molar-refractivity contribution in [2.24, 2.45) is 0 Å². The van der Waals surface area contributed by atoms with Crippen molar-refractivity contribution in [1.82, 2.24) is 5.32 Å². The van der Waals surface area contributed by atoms with Crippen LogP contribution in [0, 0.1) is 5.82 Å². The van der Waals surface area contributed by atoms with Crippen LogP contribution in [-0.4, -0.2) is 19.7 Å². The first-order valence-corrected chi connectivity index (χ1v) is 7.83. The van der Waals surface area contributed by atoms with Crippen LogP contribution in [0.2, 0.25) is 0 Å².